The Labute approximate surface area is 126 Å². The second-order valence-electron chi connectivity index (χ2n) is 5.00. The van der Waals surface area contributed by atoms with Gasteiger partial charge < -0.3 is 9.64 Å². The van der Waals surface area contributed by atoms with Crippen LogP contribution in [0.5, 0.6) is 0 Å². The van der Waals surface area contributed by atoms with Crippen LogP contribution in [0.3, 0.4) is 0 Å². The van der Waals surface area contributed by atoms with Gasteiger partial charge in [0.15, 0.2) is 0 Å². The standard InChI is InChI=1S/C14H17BrN2O3/c1-9(14(19)20-2)8-17(12-3-4-12)13(18)10-5-11(15)7-16-6-10/h5-7,9,12H,3-4,8H2,1-2H3. The fourth-order valence-electron chi connectivity index (χ4n) is 2.05. The van der Waals surface area contributed by atoms with Crippen LogP contribution in [0, 0.1) is 5.92 Å². The van der Waals surface area contributed by atoms with Gasteiger partial charge in [-0.2, -0.15) is 0 Å². The molecule has 1 aliphatic rings. The number of hydrogen-bond donors (Lipinski definition) is 0. The van der Waals surface area contributed by atoms with E-state index in [9.17, 15) is 9.59 Å². The average molecular weight is 341 g/mol. The lowest BCUT2D eigenvalue weighted by atomic mass is 10.1. The van der Waals surface area contributed by atoms with E-state index in [0.29, 0.717) is 12.1 Å². The predicted octanol–water partition coefficient (Wildman–Crippen LogP) is 2.26. The van der Waals surface area contributed by atoms with Gasteiger partial charge in [-0.25, -0.2) is 0 Å². The predicted molar refractivity (Wildman–Crippen MR) is 77.2 cm³/mol. The topological polar surface area (TPSA) is 59.5 Å². The highest BCUT2D eigenvalue weighted by Gasteiger charge is 2.35. The van der Waals surface area contributed by atoms with E-state index >= 15 is 0 Å². The van der Waals surface area contributed by atoms with Gasteiger partial charge in [-0.15, -0.1) is 0 Å². The van der Waals surface area contributed by atoms with Crippen molar-refractivity contribution in [3.63, 3.8) is 0 Å². The Kier molecular flexibility index (Phi) is 4.75. The first-order valence-electron chi connectivity index (χ1n) is 6.52. The van der Waals surface area contributed by atoms with E-state index in [-0.39, 0.29) is 23.8 Å². The lowest BCUT2D eigenvalue weighted by Gasteiger charge is -2.25. The zero-order valence-corrected chi connectivity index (χ0v) is 13.1. The third-order valence-electron chi connectivity index (χ3n) is 3.27. The summed E-state index contributed by atoms with van der Waals surface area (Å²) in [5.41, 5.74) is 0.531. The number of pyridine rings is 1. The summed E-state index contributed by atoms with van der Waals surface area (Å²) in [4.78, 5) is 29.8. The Morgan fingerprint density at radius 3 is 2.75 bits per heavy atom. The zero-order chi connectivity index (χ0) is 14.7. The van der Waals surface area contributed by atoms with Crippen molar-refractivity contribution in [1.29, 1.82) is 0 Å². The summed E-state index contributed by atoms with van der Waals surface area (Å²) in [6.45, 7) is 2.15. The lowest BCUT2D eigenvalue weighted by Crippen LogP contribution is -2.38. The molecule has 5 nitrogen and oxygen atoms in total. The van der Waals surface area contributed by atoms with Crippen molar-refractivity contribution in [3.8, 4) is 0 Å². The summed E-state index contributed by atoms with van der Waals surface area (Å²) in [5, 5.41) is 0. The third-order valence-corrected chi connectivity index (χ3v) is 3.71. The van der Waals surface area contributed by atoms with Crippen LogP contribution in [0.1, 0.15) is 30.1 Å². The van der Waals surface area contributed by atoms with E-state index in [1.54, 1.807) is 30.3 Å². The van der Waals surface area contributed by atoms with E-state index in [2.05, 4.69) is 20.9 Å². The second kappa shape index (κ2) is 6.35. The number of ether oxygens (including phenoxy) is 1. The summed E-state index contributed by atoms with van der Waals surface area (Å²) in [7, 11) is 1.36. The normalized spacial score (nSPS) is 15.6. The van der Waals surface area contributed by atoms with Crippen LogP contribution in [0.15, 0.2) is 22.9 Å². The summed E-state index contributed by atoms with van der Waals surface area (Å²) in [6, 6.07) is 1.97. The Morgan fingerprint density at radius 1 is 1.50 bits per heavy atom. The van der Waals surface area contributed by atoms with Crippen molar-refractivity contribution in [2.24, 2.45) is 5.92 Å². The quantitative estimate of drug-likeness (QED) is 0.771. The smallest absolute Gasteiger partial charge is 0.310 e. The van der Waals surface area contributed by atoms with Crippen LogP contribution < -0.4 is 0 Å². The molecule has 0 N–H and O–H groups in total. The summed E-state index contributed by atoms with van der Waals surface area (Å²) in [5.74, 6) is -0.711. The summed E-state index contributed by atoms with van der Waals surface area (Å²) in [6.07, 6.45) is 5.16. The molecule has 1 aromatic rings. The molecule has 0 saturated heterocycles. The van der Waals surface area contributed by atoms with Crippen LogP contribution in [-0.2, 0) is 9.53 Å². The van der Waals surface area contributed by atoms with Gasteiger partial charge in [0.1, 0.15) is 0 Å². The highest BCUT2D eigenvalue weighted by molar-refractivity contribution is 9.10. The highest BCUT2D eigenvalue weighted by Crippen LogP contribution is 2.29. The lowest BCUT2D eigenvalue weighted by molar-refractivity contribution is -0.145. The molecule has 0 radical (unpaired) electrons. The number of carbonyl (C=O) groups excluding carboxylic acids is 2. The zero-order valence-electron chi connectivity index (χ0n) is 11.5. The van der Waals surface area contributed by atoms with E-state index < -0.39 is 0 Å². The molecular formula is C14H17BrN2O3. The van der Waals surface area contributed by atoms with Crippen LogP contribution >= 0.6 is 15.9 Å². The fraction of sp³-hybridized carbons (Fsp3) is 0.500. The highest BCUT2D eigenvalue weighted by atomic mass is 79.9. The van der Waals surface area contributed by atoms with Crippen LogP contribution in [-0.4, -0.2) is 41.5 Å². The molecule has 1 fully saturated rings. The number of carbonyl (C=O) groups is 2. The average Bonchev–Trinajstić information content (AvgIpc) is 3.27. The van der Waals surface area contributed by atoms with Crippen LogP contribution in [0.4, 0.5) is 0 Å². The van der Waals surface area contributed by atoms with Crippen molar-refractivity contribution >= 4 is 27.8 Å². The Balaban J connectivity index is 2.12. The molecule has 1 amide bonds. The van der Waals surface area contributed by atoms with Gasteiger partial charge in [-0.3, -0.25) is 14.6 Å². The fourth-order valence-corrected chi connectivity index (χ4v) is 2.41. The van der Waals surface area contributed by atoms with Gasteiger partial charge in [-0.05, 0) is 34.8 Å². The first-order valence-corrected chi connectivity index (χ1v) is 7.31. The number of amides is 1. The number of hydrogen-bond acceptors (Lipinski definition) is 4. The first-order chi connectivity index (χ1) is 9.52. The van der Waals surface area contributed by atoms with E-state index in [0.717, 1.165) is 17.3 Å². The van der Waals surface area contributed by atoms with Gasteiger partial charge >= 0.3 is 5.97 Å². The molecule has 6 heteroatoms. The molecule has 1 atom stereocenters. The first kappa shape index (κ1) is 15.0. The maximum atomic E-state index is 12.5. The van der Waals surface area contributed by atoms with Gasteiger partial charge in [0, 0.05) is 29.5 Å². The third kappa shape index (κ3) is 3.56. The maximum Gasteiger partial charge on any atom is 0.310 e. The number of rotatable bonds is 5. The molecule has 1 aromatic heterocycles. The molecule has 0 aromatic carbocycles. The molecule has 0 spiro atoms. The number of esters is 1. The van der Waals surface area contributed by atoms with Crippen molar-refractivity contribution < 1.29 is 14.3 Å². The molecule has 0 aliphatic heterocycles. The van der Waals surface area contributed by atoms with Gasteiger partial charge in [0.25, 0.3) is 5.91 Å². The second-order valence-corrected chi connectivity index (χ2v) is 5.92. The molecule has 1 heterocycles. The largest absolute Gasteiger partial charge is 0.469 e. The molecular weight excluding hydrogens is 324 g/mol. The summed E-state index contributed by atoms with van der Waals surface area (Å²) >= 11 is 3.31. The Hall–Kier alpha value is -1.43. The van der Waals surface area contributed by atoms with Crippen molar-refractivity contribution in [2.75, 3.05) is 13.7 Å². The minimum absolute atomic E-state index is 0.0861. The number of aromatic nitrogens is 1. The Morgan fingerprint density at radius 2 is 2.20 bits per heavy atom. The monoisotopic (exact) mass is 340 g/mol. The van der Waals surface area contributed by atoms with Crippen molar-refractivity contribution in [3.05, 3.63) is 28.5 Å². The number of halogens is 1. The van der Waals surface area contributed by atoms with Gasteiger partial charge in [0.2, 0.25) is 0 Å². The summed E-state index contributed by atoms with van der Waals surface area (Å²) < 4.78 is 5.48. The van der Waals surface area contributed by atoms with E-state index in [4.69, 9.17) is 4.74 Å². The molecule has 1 aliphatic carbocycles. The molecule has 2 rings (SSSR count). The number of methoxy groups -OCH3 is 1. The molecule has 0 bridgehead atoms. The molecule has 20 heavy (non-hydrogen) atoms. The minimum Gasteiger partial charge on any atom is -0.469 e. The number of nitrogens with zero attached hydrogens (tertiary/aromatic N) is 2. The van der Waals surface area contributed by atoms with Crippen LogP contribution in [0.25, 0.3) is 0 Å². The molecule has 1 unspecified atom stereocenters. The molecule has 1 saturated carbocycles. The van der Waals surface area contributed by atoms with Gasteiger partial charge in [-0.1, -0.05) is 6.92 Å². The SMILES string of the molecule is COC(=O)C(C)CN(C(=O)c1cncc(Br)c1)C1CC1. The van der Waals surface area contributed by atoms with Crippen molar-refractivity contribution in [1.82, 2.24) is 9.88 Å². The molecule has 108 valence electrons. The van der Waals surface area contributed by atoms with Crippen molar-refractivity contribution in [2.45, 2.75) is 25.8 Å². The van der Waals surface area contributed by atoms with E-state index in [1.165, 1.54) is 7.11 Å². The van der Waals surface area contributed by atoms with Crippen LogP contribution in [0.2, 0.25) is 0 Å². The maximum absolute atomic E-state index is 12.5. The Bertz CT molecular complexity index is 517. The minimum atomic E-state index is -0.329. The van der Waals surface area contributed by atoms with E-state index in [1.807, 2.05) is 0 Å². The van der Waals surface area contributed by atoms with Gasteiger partial charge in [0.05, 0.1) is 18.6 Å².